The summed E-state index contributed by atoms with van der Waals surface area (Å²) < 4.78 is 19.7. The molecular weight excluding hydrogens is 299 g/mol. The lowest BCUT2D eigenvalue weighted by atomic mass is 9.93. The Morgan fingerprint density at radius 2 is 1.88 bits per heavy atom. The largest absolute Gasteiger partial charge is 0.497 e. The summed E-state index contributed by atoms with van der Waals surface area (Å²) in [6.45, 7) is 6.58. The zero-order valence-electron chi connectivity index (χ0n) is 15.1. The van der Waals surface area contributed by atoms with Crippen LogP contribution >= 0.6 is 0 Å². The van der Waals surface area contributed by atoms with Crippen LogP contribution in [0.4, 0.5) is 4.39 Å². The van der Waals surface area contributed by atoms with Gasteiger partial charge in [-0.05, 0) is 53.6 Å². The van der Waals surface area contributed by atoms with Gasteiger partial charge in [0.05, 0.1) is 7.11 Å². The molecule has 0 radical (unpaired) electrons. The molecule has 0 unspecified atom stereocenters. The smallest absolute Gasteiger partial charge is 0.131 e. The minimum Gasteiger partial charge on any atom is -0.497 e. The van der Waals surface area contributed by atoms with Gasteiger partial charge in [-0.1, -0.05) is 57.5 Å². The Morgan fingerprint density at radius 1 is 1.08 bits per heavy atom. The van der Waals surface area contributed by atoms with Crippen LogP contribution in [0.2, 0.25) is 0 Å². The quantitative estimate of drug-likeness (QED) is 0.563. The maximum atomic E-state index is 14.4. The summed E-state index contributed by atoms with van der Waals surface area (Å²) in [7, 11) is 1.60. The van der Waals surface area contributed by atoms with Gasteiger partial charge in [0.15, 0.2) is 0 Å². The maximum Gasteiger partial charge on any atom is 0.131 e. The van der Waals surface area contributed by atoms with E-state index in [-0.39, 0.29) is 5.82 Å². The van der Waals surface area contributed by atoms with Crippen molar-refractivity contribution in [1.82, 2.24) is 0 Å². The number of benzene rings is 2. The van der Waals surface area contributed by atoms with E-state index in [2.05, 4.69) is 45.1 Å². The highest BCUT2D eigenvalue weighted by Gasteiger charge is 2.11. The van der Waals surface area contributed by atoms with E-state index >= 15 is 0 Å². The fraction of sp³-hybridized carbons (Fsp3) is 0.364. The van der Waals surface area contributed by atoms with E-state index < -0.39 is 0 Å². The third-order valence-electron chi connectivity index (χ3n) is 3.98. The van der Waals surface area contributed by atoms with Crippen molar-refractivity contribution in [2.24, 2.45) is 5.92 Å². The van der Waals surface area contributed by atoms with Crippen LogP contribution < -0.4 is 4.74 Å². The maximum absolute atomic E-state index is 14.4. The molecule has 2 aromatic carbocycles. The number of hydrogen-bond acceptors (Lipinski definition) is 1. The Bertz CT molecular complexity index is 701. The molecule has 0 N–H and O–H groups in total. The predicted molar refractivity (Wildman–Crippen MR) is 101 cm³/mol. The van der Waals surface area contributed by atoms with Crippen LogP contribution in [-0.4, -0.2) is 7.11 Å². The molecule has 128 valence electrons. The van der Waals surface area contributed by atoms with Gasteiger partial charge >= 0.3 is 0 Å². The van der Waals surface area contributed by atoms with Gasteiger partial charge in [0.25, 0.3) is 0 Å². The first-order valence-corrected chi connectivity index (χ1v) is 8.68. The van der Waals surface area contributed by atoms with Gasteiger partial charge < -0.3 is 4.74 Å². The number of hydrogen-bond donors (Lipinski definition) is 0. The van der Waals surface area contributed by atoms with Gasteiger partial charge in [-0.2, -0.15) is 0 Å². The molecule has 0 bridgehead atoms. The third kappa shape index (κ3) is 4.70. The first kappa shape index (κ1) is 18.3. The summed E-state index contributed by atoms with van der Waals surface area (Å²) in [6.07, 6.45) is 7.42. The van der Waals surface area contributed by atoms with Gasteiger partial charge in [-0.15, -0.1) is 0 Å². The molecule has 24 heavy (non-hydrogen) atoms. The normalized spacial score (nSPS) is 11.4. The van der Waals surface area contributed by atoms with Crippen LogP contribution in [0.25, 0.3) is 17.2 Å². The molecule has 2 heteroatoms. The van der Waals surface area contributed by atoms with E-state index in [0.29, 0.717) is 17.2 Å². The second-order valence-corrected chi connectivity index (χ2v) is 6.56. The molecule has 2 rings (SSSR count). The topological polar surface area (TPSA) is 9.23 Å². The van der Waals surface area contributed by atoms with Crippen molar-refractivity contribution in [3.05, 3.63) is 59.4 Å². The van der Waals surface area contributed by atoms with Crippen molar-refractivity contribution in [3.8, 4) is 16.9 Å². The van der Waals surface area contributed by atoms with E-state index in [1.807, 2.05) is 6.07 Å². The van der Waals surface area contributed by atoms with Crippen LogP contribution in [0.5, 0.6) is 5.75 Å². The highest BCUT2D eigenvalue weighted by Crippen LogP contribution is 2.31. The lowest BCUT2D eigenvalue weighted by molar-refractivity contribution is 0.414. The van der Waals surface area contributed by atoms with Crippen molar-refractivity contribution < 1.29 is 9.13 Å². The molecule has 0 fully saturated rings. The van der Waals surface area contributed by atoms with E-state index in [1.165, 1.54) is 11.6 Å². The summed E-state index contributed by atoms with van der Waals surface area (Å²) in [5, 5.41) is 0. The Labute approximate surface area is 145 Å². The van der Waals surface area contributed by atoms with Crippen LogP contribution in [0.3, 0.4) is 0 Å². The zero-order chi connectivity index (χ0) is 17.5. The van der Waals surface area contributed by atoms with E-state index in [4.69, 9.17) is 4.74 Å². The van der Waals surface area contributed by atoms with Crippen molar-refractivity contribution in [3.63, 3.8) is 0 Å². The molecule has 0 heterocycles. The molecule has 0 aromatic heterocycles. The molecule has 0 saturated heterocycles. The fourth-order valence-electron chi connectivity index (χ4n) is 2.81. The number of unbranched alkanes of at least 4 members (excludes halogenated alkanes) is 1. The number of halogens is 1. The third-order valence-corrected chi connectivity index (χ3v) is 3.98. The summed E-state index contributed by atoms with van der Waals surface area (Å²) in [5.41, 5.74) is 3.84. The predicted octanol–water partition coefficient (Wildman–Crippen LogP) is 6.51. The van der Waals surface area contributed by atoms with E-state index in [0.717, 1.165) is 30.4 Å². The van der Waals surface area contributed by atoms with E-state index in [1.54, 1.807) is 19.2 Å². The van der Waals surface area contributed by atoms with Gasteiger partial charge in [0.1, 0.15) is 11.6 Å². The number of allylic oxidation sites excluding steroid dienone is 1. The van der Waals surface area contributed by atoms with Crippen molar-refractivity contribution in [2.75, 3.05) is 7.11 Å². The lowest BCUT2D eigenvalue weighted by Crippen LogP contribution is -1.96. The second kappa shape index (κ2) is 8.68. The van der Waals surface area contributed by atoms with Crippen LogP contribution in [0.15, 0.2) is 42.5 Å². The van der Waals surface area contributed by atoms with Gasteiger partial charge in [0, 0.05) is 5.56 Å². The first-order valence-electron chi connectivity index (χ1n) is 8.68. The van der Waals surface area contributed by atoms with Crippen LogP contribution in [0, 0.1) is 11.7 Å². The average molecular weight is 326 g/mol. The Hall–Kier alpha value is -2.09. The molecule has 0 amide bonds. The molecule has 2 aromatic rings. The Balaban J connectivity index is 2.51. The zero-order valence-corrected chi connectivity index (χ0v) is 15.1. The summed E-state index contributed by atoms with van der Waals surface area (Å²) in [6, 6.07) is 11.2. The number of ether oxygens (including phenoxy) is 1. The monoisotopic (exact) mass is 326 g/mol. The van der Waals surface area contributed by atoms with E-state index in [9.17, 15) is 4.39 Å². The van der Waals surface area contributed by atoms with Gasteiger partial charge in [0.2, 0.25) is 0 Å². The molecule has 0 spiro atoms. The SMILES string of the molecule is CCC/C=C/c1cc(CC(C)C)ccc1-c1cc(OC)ccc1F. The van der Waals surface area contributed by atoms with Gasteiger partial charge in [-0.3, -0.25) is 0 Å². The summed E-state index contributed by atoms with van der Waals surface area (Å²) in [4.78, 5) is 0. The number of methoxy groups -OCH3 is 1. The van der Waals surface area contributed by atoms with Gasteiger partial charge in [-0.25, -0.2) is 4.39 Å². The van der Waals surface area contributed by atoms with Crippen molar-refractivity contribution in [1.29, 1.82) is 0 Å². The molecular formula is C22H27FO. The Morgan fingerprint density at radius 3 is 2.54 bits per heavy atom. The number of rotatable bonds is 7. The second-order valence-electron chi connectivity index (χ2n) is 6.56. The fourth-order valence-corrected chi connectivity index (χ4v) is 2.81. The molecule has 0 atom stereocenters. The summed E-state index contributed by atoms with van der Waals surface area (Å²) in [5.74, 6) is 1.04. The first-order chi connectivity index (χ1) is 11.5. The minimum absolute atomic E-state index is 0.224. The standard InChI is InChI=1S/C22H27FO/c1-5-6-7-8-18-14-17(13-16(2)3)9-11-20(18)21-15-19(24-4)10-12-22(21)23/h7-12,14-16H,5-6,13H2,1-4H3/b8-7+. The average Bonchev–Trinajstić information content (AvgIpc) is 2.56. The highest BCUT2D eigenvalue weighted by molar-refractivity contribution is 5.77. The highest BCUT2D eigenvalue weighted by atomic mass is 19.1. The Kier molecular flexibility index (Phi) is 6.60. The van der Waals surface area contributed by atoms with Crippen LogP contribution in [0.1, 0.15) is 44.7 Å². The van der Waals surface area contributed by atoms with Crippen molar-refractivity contribution >= 4 is 6.08 Å². The lowest BCUT2D eigenvalue weighted by Gasteiger charge is -2.13. The minimum atomic E-state index is -0.224. The van der Waals surface area contributed by atoms with Crippen LogP contribution in [-0.2, 0) is 6.42 Å². The molecule has 0 aliphatic rings. The summed E-state index contributed by atoms with van der Waals surface area (Å²) >= 11 is 0. The molecule has 1 nitrogen and oxygen atoms in total. The molecule has 0 aliphatic heterocycles. The molecule has 0 aliphatic carbocycles. The molecule has 0 saturated carbocycles. The van der Waals surface area contributed by atoms with Crippen molar-refractivity contribution in [2.45, 2.75) is 40.0 Å².